The third-order valence-corrected chi connectivity index (χ3v) is 14.8. The minimum absolute atomic E-state index is 0.146. The van der Waals surface area contributed by atoms with Crippen molar-refractivity contribution < 1.29 is 139 Å². The largest absolute Gasteiger partial charge is 0.394 e. The summed E-state index contributed by atoms with van der Waals surface area (Å²) in [7, 11) is 0. The van der Waals surface area contributed by atoms with Gasteiger partial charge in [-0.25, -0.2) is 0 Å². The molecule has 28 atom stereocenters. The van der Waals surface area contributed by atoms with Gasteiger partial charge in [0.2, 0.25) is 0 Å². The van der Waals surface area contributed by atoms with Crippen LogP contribution in [-0.2, 0) is 56.8 Å². The van der Waals surface area contributed by atoms with E-state index in [2.05, 4.69) is 0 Å². The van der Waals surface area contributed by atoms with Crippen molar-refractivity contribution in [2.45, 2.75) is 212 Å². The van der Waals surface area contributed by atoms with Crippen molar-refractivity contribution in [2.75, 3.05) is 39.6 Å². The van der Waals surface area contributed by atoms with E-state index in [9.17, 15) is 81.7 Å². The maximum absolute atomic E-state index is 11.5. The van der Waals surface area contributed by atoms with Gasteiger partial charge in [0.1, 0.15) is 122 Å². The molecule has 0 spiro atoms. The van der Waals surface area contributed by atoms with Crippen LogP contribution in [0.3, 0.4) is 0 Å². The van der Waals surface area contributed by atoms with E-state index >= 15 is 0 Å². The van der Waals surface area contributed by atoms with E-state index in [-0.39, 0.29) is 13.2 Å². The second kappa shape index (κ2) is 25.0. The van der Waals surface area contributed by atoms with Gasteiger partial charge in [0.05, 0.1) is 51.8 Å². The lowest BCUT2D eigenvalue weighted by Gasteiger charge is -2.48. The maximum Gasteiger partial charge on any atom is 0.187 e. The van der Waals surface area contributed by atoms with Crippen LogP contribution in [0.25, 0.3) is 0 Å². The van der Waals surface area contributed by atoms with Crippen LogP contribution in [0, 0.1) is 0 Å². The molecule has 0 saturated carbocycles. The molecule has 0 aromatic rings. The lowest BCUT2D eigenvalue weighted by Crippen LogP contribution is -2.66. The standard InChI is InChI=1S/C46H72O28/c1-15-25(51)31(57)35(61)43(67-15)73-39-37(71-41-33(59)27(53)21(49)13-65-41)29(55)23(9-47)69-45(39)63-11-17-6-7-20-18(8-17)4-3-5-19(20)12-64-46-40(74-44-36(62)32(58)26(52)16(2)68-44)38(30(56)24(10-48)70-46)72-42-34(60)28(54)22(50)14-66-42/h5,8,15-16,21-62H,3-4,6-7,9-14H2,1-2H3/t15-,16-,21-,22-,23-,24-,25-,26-,27+,28+,29-,30-,31+,32+,33+,34+,35+,36+,37+,38+,39-,40-,41+,42+,43-,44-,45-,46-/m1/s1. The predicted octanol–water partition coefficient (Wildman–Crippen LogP) is -8.01. The average molecular weight is 1070 g/mol. The van der Waals surface area contributed by atoms with Gasteiger partial charge in [-0.2, -0.15) is 0 Å². The second-order valence-electron chi connectivity index (χ2n) is 19.9. The topological polar surface area (TPSA) is 434 Å². The molecule has 2 aliphatic carbocycles. The summed E-state index contributed by atoms with van der Waals surface area (Å²) >= 11 is 0. The Bertz CT molecular complexity index is 1930. The smallest absolute Gasteiger partial charge is 0.187 e. The Morgan fingerprint density at radius 3 is 1.34 bits per heavy atom. The van der Waals surface area contributed by atoms with Crippen molar-refractivity contribution in [3.05, 3.63) is 34.4 Å². The summed E-state index contributed by atoms with van der Waals surface area (Å²) in [5, 5.41) is 170. The van der Waals surface area contributed by atoms with Gasteiger partial charge >= 0.3 is 0 Å². The molecule has 6 aliphatic heterocycles. The van der Waals surface area contributed by atoms with E-state index in [1.807, 2.05) is 12.2 Å². The molecule has 16 N–H and O–H groups in total. The third-order valence-electron chi connectivity index (χ3n) is 14.8. The molecule has 6 heterocycles. The Labute approximate surface area is 423 Å². The summed E-state index contributed by atoms with van der Waals surface area (Å²) in [5.74, 6) is 0. The molecule has 28 nitrogen and oxygen atoms in total. The van der Waals surface area contributed by atoms with Crippen LogP contribution < -0.4 is 0 Å². The van der Waals surface area contributed by atoms with E-state index in [1.54, 1.807) is 0 Å². The first-order chi connectivity index (χ1) is 35.2. The Balaban J connectivity index is 1.000. The van der Waals surface area contributed by atoms with Crippen molar-refractivity contribution in [3.8, 4) is 0 Å². The average Bonchev–Trinajstić information content (AvgIpc) is 3.39. The Morgan fingerprint density at radius 1 is 0.446 bits per heavy atom. The summed E-state index contributed by atoms with van der Waals surface area (Å²) in [6.07, 6.45) is -38.9. The fourth-order valence-electron chi connectivity index (χ4n) is 10.2. The molecular formula is C46H72O28. The number of ether oxygens (including phenoxy) is 12. The summed E-state index contributed by atoms with van der Waals surface area (Å²) in [5.41, 5.74) is 3.21. The van der Waals surface area contributed by atoms with E-state index in [1.165, 1.54) is 13.8 Å². The molecule has 8 rings (SSSR count). The van der Waals surface area contributed by atoms with E-state index < -0.39 is 198 Å². The first-order valence-electron chi connectivity index (χ1n) is 24.8. The normalized spacial score (nSPS) is 49.5. The van der Waals surface area contributed by atoms with Gasteiger partial charge in [-0.1, -0.05) is 12.2 Å². The minimum Gasteiger partial charge on any atom is -0.394 e. The number of allylic oxidation sites excluding steroid dienone is 3. The number of hydrogen-bond acceptors (Lipinski definition) is 28. The third kappa shape index (κ3) is 12.3. The molecular weight excluding hydrogens is 1000 g/mol. The molecule has 424 valence electrons. The van der Waals surface area contributed by atoms with Crippen LogP contribution in [0.4, 0.5) is 0 Å². The summed E-state index contributed by atoms with van der Waals surface area (Å²) in [6, 6.07) is 0. The van der Waals surface area contributed by atoms with Crippen LogP contribution in [0.5, 0.6) is 0 Å². The van der Waals surface area contributed by atoms with Crippen molar-refractivity contribution >= 4 is 0 Å². The number of hydrogen-bond donors (Lipinski definition) is 16. The quantitative estimate of drug-likeness (QED) is 0.0683. The van der Waals surface area contributed by atoms with Crippen molar-refractivity contribution in [2.24, 2.45) is 0 Å². The highest BCUT2D eigenvalue weighted by atomic mass is 16.8. The predicted molar refractivity (Wildman–Crippen MR) is 237 cm³/mol. The summed E-state index contributed by atoms with van der Waals surface area (Å²) in [6.45, 7) is 0.0441. The van der Waals surface area contributed by atoms with Crippen molar-refractivity contribution in [3.63, 3.8) is 0 Å². The van der Waals surface area contributed by atoms with E-state index in [0.29, 0.717) is 31.3 Å². The molecule has 28 heteroatoms. The van der Waals surface area contributed by atoms with Gasteiger partial charge in [0, 0.05) is 0 Å². The SMILES string of the molecule is C[C@H]1O[C@H](O[C@H]2[C@H](OCC3=CC4=C(CC3)C(CO[C@@H]3O[C@H](CO)[C@@H](O)[C@H](O[C@@H]5OC[C@@H](O)[C@H](O)[C@@H]5O)[C@H]3O[C@H]3O[C@H](C)[C@@H](O)[C@H](O)[C@@H]3O)=CCC4)O[C@H](CO)[C@@H](O)[C@@H]2O[C@@H]2OC[C@@H](O)[C@H](O)[C@@H]2O)[C@@H](O)[C@@H](O)[C@@H]1O. The molecule has 0 bridgehead atoms. The van der Waals surface area contributed by atoms with E-state index in [4.69, 9.17) is 56.8 Å². The van der Waals surface area contributed by atoms with Gasteiger partial charge in [-0.15, -0.1) is 0 Å². The van der Waals surface area contributed by atoms with Crippen molar-refractivity contribution in [1.29, 1.82) is 0 Å². The molecule has 0 unspecified atom stereocenters. The highest BCUT2D eigenvalue weighted by Crippen LogP contribution is 2.39. The monoisotopic (exact) mass is 1070 g/mol. The first-order valence-corrected chi connectivity index (χ1v) is 24.8. The van der Waals surface area contributed by atoms with Crippen LogP contribution >= 0.6 is 0 Å². The number of aliphatic hydroxyl groups excluding tert-OH is 16. The minimum atomic E-state index is -1.84. The van der Waals surface area contributed by atoms with Gasteiger partial charge in [-0.05, 0) is 61.8 Å². The fourth-order valence-corrected chi connectivity index (χ4v) is 10.2. The Kier molecular flexibility index (Phi) is 19.7. The molecule has 0 radical (unpaired) electrons. The molecule has 0 amide bonds. The van der Waals surface area contributed by atoms with E-state index in [0.717, 1.165) is 16.7 Å². The Morgan fingerprint density at radius 2 is 0.878 bits per heavy atom. The first kappa shape index (κ1) is 58.3. The zero-order valence-electron chi connectivity index (χ0n) is 40.4. The van der Waals surface area contributed by atoms with Crippen LogP contribution in [0.15, 0.2) is 34.4 Å². The van der Waals surface area contributed by atoms with Gasteiger partial charge < -0.3 is 139 Å². The second-order valence-corrected chi connectivity index (χ2v) is 19.9. The van der Waals surface area contributed by atoms with Gasteiger partial charge in [-0.3, -0.25) is 0 Å². The summed E-state index contributed by atoms with van der Waals surface area (Å²) < 4.78 is 71.1. The highest BCUT2D eigenvalue weighted by Gasteiger charge is 2.56. The summed E-state index contributed by atoms with van der Waals surface area (Å²) in [4.78, 5) is 0. The van der Waals surface area contributed by atoms with Crippen LogP contribution in [-0.4, -0.2) is 293 Å². The number of rotatable bonds is 16. The van der Waals surface area contributed by atoms with Gasteiger partial charge in [0.25, 0.3) is 0 Å². The zero-order valence-corrected chi connectivity index (χ0v) is 40.4. The molecule has 0 aromatic heterocycles. The van der Waals surface area contributed by atoms with Crippen LogP contribution in [0.1, 0.15) is 39.5 Å². The lowest BCUT2D eigenvalue weighted by molar-refractivity contribution is -0.385. The highest BCUT2D eigenvalue weighted by molar-refractivity contribution is 5.47. The molecule has 8 aliphatic rings. The lowest BCUT2D eigenvalue weighted by atomic mass is 9.82. The van der Waals surface area contributed by atoms with Crippen molar-refractivity contribution in [1.82, 2.24) is 0 Å². The van der Waals surface area contributed by atoms with Gasteiger partial charge in [0.15, 0.2) is 37.7 Å². The molecule has 6 fully saturated rings. The zero-order chi connectivity index (χ0) is 53.4. The Hall–Kier alpha value is -1.90. The molecule has 6 saturated heterocycles. The number of aliphatic hydroxyl groups is 16. The molecule has 74 heavy (non-hydrogen) atoms. The fraction of sp³-hybridized carbons (Fsp3) is 0.870. The molecule has 0 aromatic carbocycles. The maximum atomic E-state index is 11.5. The van der Waals surface area contributed by atoms with Crippen LogP contribution in [0.2, 0.25) is 0 Å².